The Morgan fingerprint density at radius 1 is 0.833 bits per heavy atom. The molecule has 0 radical (unpaired) electrons. The van der Waals surface area contributed by atoms with Gasteiger partial charge in [0, 0.05) is 6.42 Å². The Kier molecular flexibility index (Phi) is 5.85. The van der Waals surface area contributed by atoms with Crippen molar-refractivity contribution in [2.45, 2.75) is 6.42 Å². The van der Waals surface area contributed by atoms with Gasteiger partial charge < -0.3 is 9.47 Å². The number of hydrogen-bond acceptors (Lipinski definition) is 5. The summed E-state index contributed by atoms with van der Waals surface area (Å²) in [7, 11) is 0. The molecule has 1 heterocycles. The maximum atomic E-state index is 12.3. The minimum atomic E-state index is -0.568. The van der Waals surface area contributed by atoms with Gasteiger partial charge in [-0.15, -0.1) is 0 Å². The summed E-state index contributed by atoms with van der Waals surface area (Å²) in [4.78, 5) is 24.6. The summed E-state index contributed by atoms with van der Waals surface area (Å²) in [5.74, 6) is 0.396. The van der Waals surface area contributed by atoms with Crippen molar-refractivity contribution in [3.63, 3.8) is 0 Å². The van der Waals surface area contributed by atoms with Gasteiger partial charge in [-0.2, -0.15) is 5.10 Å². The van der Waals surface area contributed by atoms with Crippen molar-refractivity contribution >= 4 is 17.6 Å². The Morgan fingerprint density at radius 2 is 1.47 bits per heavy atom. The van der Waals surface area contributed by atoms with Crippen LogP contribution in [0.1, 0.15) is 22.3 Å². The highest BCUT2D eigenvalue weighted by Gasteiger charge is 2.22. The van der Waals surface area contributed by atoms with Crippen LogP contribution < -0.4 is 4.74 Å². The molecule has 0 saturated heterocycles. The SMILES string of the molecule is O=C(OCC(=O)N1CCC(c2ccccc2)=N1)c1ccc(Oc2ccccc2)cc1. The third-order valence-electron chi connectivity index (χ3n) is 4.59. The van der Waals surface area contributed by atoms with Crippen molar-refractivity contribution in [3.05, 3.63) is 96.1 Å². The average Bonchev–Trinajstić information content (AvgIpc) is 3.30. The number of para-hydroxylation sites is 1. The van der Waals surface area contributed by atoms with Crippen LogP contribution in [0.3, 0.4) is 0 Å². The zero-order valence-electron chi connectivity index (χ0n) is 16.2. The lowest BCUT2D eigenvalue weighted by Gasteiger charge is -2.11. The molecule has 1 aliphatic rings. The lowest BCUT2D eigenvalue weighted by atomic mass is 10.1. The molecule has 0 saturated carbocycles. The lowest BCUT2D eigenvalue weighted by Crippen LogP contribution is -2.28. The molecule has 3 aromatic rings. The second-order valence-electron chi connectivity index (χ2n) is 6.70. The van der Waals surface area contributed by atoms with Gasteiger partial charge in [0.25, 0.3) is 5.91 Å². The first-order valence-corrected chi connectivity index (χ1v) is 9.62. The monoisotopic (exact) mass is 400 g/mol. The topological polar surface area (TPSA) is 68.2 Å². The van der Waals surface area contributed by atoms with Gasteiger partial charge >= 0.3 is 5.97 Å². The number of hydrogen-bond donors (Lipinski definition) is 0. The maximum absolute atomic E-state index is 12.3. The van der Waals surface area contributed by atoms with Gasteiger partial charge in [-0.25, -0.2) is 9.80 Å². The smallest absolute Gasteiger partial charge is 0.338 e. The third-order valence-corrected chi connectivity index (χ3v) is 4.59. The fraction of sp³-hybridized carbons (Fsp3) is 0.125. The minimum Gasteiger partial charge on any atom is -0.457 e. The van der Waals surface area contributed by atoms with Crippen LogP contribution in [-0.2, 0) is 9.53 Å². The van der Waals surface area contributed by atoms with Crippen molar-refractivity contribution in [1.82, 2.24) is 5.01 Å². The number of esters is 1. The van der Waals surface area contributed by atoms with Crippen molar-refractivity contribution in [3.8, 4) is 11.5 Å². The fourth-order valence-electron chi connectivity index (χ4n) is 3.04. The number of carbonyl (C=O) groups is 2. The zero-order chi connectivity index (χ0) is 20.8. The second-order valence-corrected chi connectivity index (χ2v) is 6.70. The van der Waals surface area contributed by atoms with E-state index < -0.39 is 5.97 Å². The Morgan fingerprint density at radius 3 is 2.17 bits per heavy atom. The average molecular weight is 400 g/mol. The van der Waals surface area contributed by atoms with Crippen LogP contribution in [0, 0.1) is 0 Å². The maximum Gasteiger partial charge on any atom is 0.338 e. The third kappa shape index (κ3) is 4.72. The van der Waals surface area contributed by atoms with Gasteiger partial charge in [0.2, 0.25) is 0 Å². The van der Waals surface area contributed by atoms with Crippen molar-refractivity contribution in [2.24, 2.45) is 5.10 Å². The normalized spacial score (nSPS) is 12.9. The molecule has 30 heavy (non-hydrogen) atoms. The minimum absolute atomic E-state index is 0.345. The predicted molar refractivity (Wildman–Crippen MR) is 113 cm³/mol. The summed E-state index contributed by atoms with van der Waals surface area (Å²) in [5.41, 5.74) is 2.19. The molecule has 1 amide bonds. The molecule has 0 unspecified atom stereocenters. The van der Waals surface area contributed by atoms with Crippen molar-refractivity contribution < 1.29 is 19.1 Å². The first-order valence-electron chi connectivity index (χ1n) is 9.62. The molecule has 3 aromatic carbocycles. The number of hydrazone groups is 1. The molecule has 6 nitrogen and oxygen atoms in total. The zero-order valence-corrected chi connectivity index (χ0v) is 16.2. The van der Waals surface area contributed by atoms with Crippen molar-refractivity contribution in [2.75, 3.05) is 13.2 Å². The first-order chi connectivity index (χ1) is 14.7. The molecule has 0 bridgehead atoms. The molecular weight excluding hydrogens is 380 g/mol. The van der Waals surface area contributed by atoms with E-state index in [0.717, 1.165) is 11.3 Å². The summed E-state index contributed by atoms with van der Waals surface area (Å²) in [6, 6.07) is 25.6. The molecule has 0 spiro atoms. The van der Waals surface area contributed by atoms with Crippen LogP contribution in [0.5, 0.6) is 11.5 Å². The predicted octanol–water partition coefficient (Wildman–Crippen LogP) is 4.27. The number of amides is 1. The summed E-state index contributed by atoms with van der Waals surface area (Å²) in [5, 5.41) is 5.71. The summed E-state index contributed by atoms with van der Waals surface area (Å²) < 4.78 is 10.9. The molecule has 6 heteroatoms. The molecule has 0 N–H and O–H groups in total. The van der Waals surface area contributed by atoms with Crippen LogP contribution in [0.25, 0.3) is 0 Å². The highest BCUT2D eigenvalue weighted by molar-refractivity contribution is 6.02. The number of carbonyl (C=O) groups excluding carboxylic acids is 2. The van der Waals surface area contributed by atoms with E-state index in [0.29, 0.717) is 30.0 Å². The van der Waals surface area contributed by atoms with Crippen LogP contribution in [-0.4, -0.2) is 35.7 Å². The second kappa shape index (κ2) is 9.05. The Bertz CT molecular complexity index is 1050. The van der Waals surface area contributed by atoms with Crippen LogP contribution in [0.4, 0.5) is 0 Å². The molecule has 0 aromatic heterocycles. The number of benzene rings is 3. The summed E-state index contributed by atoms with van der Waals surface area (Å²) in [6.45, 7) is 0.124. The number of nitrogens with zero attached hydrogens (tertiary/aromatic N) is 2. The number of rotatable bonds is 6. The van der Waals surface area contributed by atoms with Crippen LogP contribution >= 0.6 is 0 Å². The first kappa shape index (κ1) is 19.4. The van der Waals surface area contributed by atoms with Gasteiger partial charge in [-0.3, -0.25) is 4.79 Å². The van der Waals surface area contributed by atoms with Crippen LogP contribution in [0.15, 0.2) is 90.0 Å². The largest absolute Gasteiger partial charge is 0.457 e. The molecular formula is C24H20N2O4. The molecule has 0 aliphatic carbocycles. The van der Waals surface area contributed by atoms with E-state index in [1.54, 1.807) is 24.3 Å². The number of ether oxygens (including phenoxy) is 2. The van der Waals surface area contributed by atoms with Gasteiger partial charge in [0.15, 0.2) is 6.61 Å². The lowest BCUT2D eigenvalue weighted by molar-refractivity contribution is -0.134. The van der Waals surface area contributed by atoms with Crippen molar-refractivity contribution in [1.29, 1.82) is 0 Å². The van der Waals surface area contributed by atoms with Gasteiger partial charge in [0.05, 0.1) is 17.8 Å². The summed E-state index contributed by atoms with van der Waals surface area (Å²) >= 11 is 0. The van der Waals surface area contributed by atoms with Gasteiger partial charge in [-0.05, 0) is 42.0 Å². The Hall–Kier alpha value is -3.93. The van der Waals surface area contributed by atoms with E-state index in [4.69, 9.17) is 9.47 Å². The van der Waals surface area contributed by atoms with E-state index in [9.17, 15) is 9.59 Å². The molecule has 1 aliphatic heterocycles. The highest BCUT2D eigenvalue weighted by Crippen LogP contribution is 2.21. The molecule has 4 rings (SSSR count). The molecule has 0 fully saturated rings. The Labute approximate surface area is 174 Å². The van der Waals surface area contributed by atoms with Gasteiger partial charge in [-0.1, -0.05) is 48.5 Å². The quantitative estimate of drug-likeness (QED) is 0.580. The highest BCUT2D eigenvalue weighted by atomic mass is 16.5. The van der Waals surface area contributed by atoms with E-state index in [1.165, 1.54) is 5.01 Å². The van der Waals surface area contributed by atoms with Gasteiger partial charge in [0.1, 0.15) is 11.5 Å². The molecule has 150 valence electrons. The van der Waals surface area contributed by atoms with Crippen LogP contribution in [0.2, 0.25) is 0 Å². The fourth-order valence-corrected chi connectivity index (χ4v) is 3.04. The molecule has 0 atom stereocenters. The van der Waals surface area contributed by atoms with E-state index in [1.807, 2.05) is 60.7 Å². The Balaban J connectivity index is 1.30. The van der Waals surface area contributed by atoms with E-state index in [2.05, 4.69) is 5.10 Å². The van der Waals surface area contributed by atoms with E-state index in [-0.39, 0.29) is 12.5 Å². The van der Waals surface area contributed by atoms with E-state index >= 15 is 0 Å². The summed E-state index contributed by atoms with van der Waals surface area (Å²) in [6.07, 6.45) is 0.673. The standard InChI is InChI=1S/C24H20N2O4/c27-23(26-16-15-22(25-26)18-7-3-1-4-8-18)17-29-24(28)19-11-13-21(14-12-19)30-20-9-5-2-6-10-20/h1-14H,15-17H2.